The predicted octanol–water partition coefficient (Wildman–Crippen LogP) is 8.57. The first-order valence-electron chi connectivity index (χ1n) is 15.2. The maximum Gasteiger partial charge on any atom is 0.256 e. The van der Waals surface area contributed by atoms with Crippen molar-refractivity contribution in [2.24, 2.45) is 0 Å². The third kappa shape index (κ3) is 3.54. The van der Waals surface area contributed by atoms with E-state index in [0.29, 0.717) is 0 Å². The predicted molar refractivity (Wildman–Crippen MR) is 186 cm³/mol. The Morgan fingerprint density at radius 1 is 0.578 bits per heavy atom. The van der Waals surface area contributed by atoms with E-state index >= 15 is 0 Å². The van der Waals surface area contributed by atoms with Crippen molar-refractivity contribution in [2.75, 3.05) is 9.80 Å². The summed E-state index contributed by atoms with van der Waals surface area (Å²) < 4.78 is 6.87. The normalized spacial score (nSPS) is 13.7. The van der Waals surface area contributed by atoms with Gasteiger partial charge in [-0.2, -0.15) is 0 Å². The maximum absolute atomic E-state index is 6.87. The second-order valence-electron chi connectivity index (χ2n) is 11.5. The second-order valence-corrected chi connectivity index (χ2v) is 12.6. The van der Waals surface area contributed by atoms with Crippen molar-refractivity contribution in [3.8, 4) is 11.5 Å². The number of nitrogens with zero attached hydrogens (tertiary/aromatic N) is 3. The average molecular weight is 594 g/mol. The fourth-order valence-corrected chi connectivity index (χ4v) is 8.47. The van der Waals surface area contributed by atoms with Crippen LogP contribution in [0.5, 0.6) is 11.5 Å². The van der Waals surface area contributed by atoms with E-state index in [1.54, 1.807) is 0 Å². The molecule has 0 saturated carbocycles. The molecule has 10 rings (SSSR count). The van der Waals surface area contributed by atoms with Crippen molar-refractivity contribution in [2.45, 2.75) is 9.79 Å². The van der Waals surface area contributed by atoms with E-state index in [0.717, 1.165) is 45.2 Å². The van der Waals surface area contributed by atoms with Crippen LogP contribution in [0.2, 0.25) is 0 Å². The Hall–Kier alpha value is -5.46. The van der Waals surface area contributed by atoms with Crippen molar-refractivity contribution < 1.29 is 4.74 Å². The lowest BCUT2D eigenvalue weighted by atomic mass is 9.34. The Bertz CT molecular complexity index is 2320. The lowest BCUT2D eigenvalue weighted by molar-refractivity contribution is 0.487. The van der Waals surface area contributed by atoms with Gasteiger partial charge in [-0.05, 0) is 64.9 Å². The van der Waals surface area contributed by atoms with E-state index in [-0.39, 0.29) is 6.71 Å². The lowest BCUT2D eigenvalue weighted by Crippen LogP contribution is -2.59. The van der Waals surface area contributed by atoms with Crippen LogP contribution in [0.1, 0.15) is 0 Å². The zero-order chi connectivity index (χ0) is 29.5. The van der Waals surface area contributed by atoms with Crippen LogP contribution in [0.4, 0.5) is 34.1 Å². The Morgan fingerprint density at radius 2 is 1.31 bits per heavy atom. The number of rotatable bonds is 2. The standard InChI is InChI=1S/C39H24BN3OS/c1-2-14-26(15-3-1)42-29-18-6-4-16-27(29)40-28-17-5-8-21-33(28)44-34-24-32-39(38(42)36(34)40)45-35-22-9-7-19-30(35)43(32)31-20-10-12-25-13-11-23-41-37(25)31/h1-24H. The molecule has 3 aliphatic heterocycles. The summed E-state index contributed by atoms with van der Waals surface area (Å²) in [7, 11) is 0. The molecule has 7 aromatic rings. The van der Waals surface area contributed by atoms with Crippen molar-refractivity contribution in [3.63, 3.8) is 0 Å². The van der Waals surface area contributed by atoms with E-state index < -0.39 is 0 Å². The molecule has 210 valence electrons. The van der Waals surface area contributed by atoms with Crippen LogP contribution in [-0.2, 0) is 0 Å². The monoisotopic (exact) mass is 593 g/mol. The molecule has 0 fully saturated rings. The van der Waals surface area contributed by atoms with Crippen molar-refractivity contribution in [1.29, 1.82) is 0 Å². The molecule has 0 atom stereocenters. The van der Waals surface area contributed by atoms with Crippen LogP contribution in [0.15, 0.2) is 156 Å². The molecule has 4 heterocycles. The first kappa shape index (κ1) is 24.9. The second kappa shape index (κ2) is 9.52. The molecule has 0 radical (unpaired) electrons. The molecule has 0 amide bonds. The molecule has 1 aromatic heterocycles. The highest BCUT2D eigenvalue weighted by Gasteiger charge is 2.45. The number of ether oxygens (including phenoxy) is 1. The largest absolute Gasteiger partial charge is 0.458 e. The third-order valence-electron chi connectivity index (χ3n) is 9.11. The van der Waals surface area contributed by atoms with Crippen LogP contribution in [0, 0.1) is 0 Å². The minimum Gasteiger partial charge on any atom is -0.458 e. The van der Waals surface area contributed by atoms with Gasteiger partial charge in [0.15, 0.2) is 0 Å². The molecule has 0 bridgehead atoms. The van der Waals surface area contributed by atoms with Crippen LogP contribution >= 0.6 is 11.8 Å². The number of pyridine rings is 1. The van der Waals surface area contributed by atoms with Gasteiger partial charge >= 0.3 is 0 Å². The van der Waals surface area contributed by atoms with E-state index in [1.165, 1.54) is 37.6 Å². The minimum atomic E-state index is 0.0480. The highest BCUT2D eigenvalue weighted by Crippen LogP contribution is 2.58. The van der Waals surface area contributed by atoms with Crippen LogP contribution in [0.3, 0.4) is 0 Å². The van der Waals surface area contributed by atoms with Crippen LogP contribution in [0.25, 0.3) is 10.9 Å². The molecule has 0 saturated heterocycles. The number of aromatic nitrogens is 1. The van der Waals surface area contributed by atoms with E-state index in [4.69, 9.17) is 9.72 Å². The van der Waals surface area contributed by atoms with Gasteiger partial charge in [-0.15, -0.1) is 0 Å². The van der Waals surface area contributed by atoms with Gasteiger partial charge in [-0.25, -0.2) is 0 Å². The summed E-state index contributed by atoms with van der Waals surface area (Å²) in [5, 5.41) is 1.11. The van der Waals surface area contributed by atoms with Crippen molar-refractivity contribution >= 4 is 79.9 Å². The Morgan fingerprint density at radius 3 is 2.22 bits per heavy atom. The summed E-state index contributed by atoms with van der Waals surface area (Å²) in [6, 6.07) is 49.6. The molecule has 4 nitrogen and oxygen atoms in total. The fourth-order valence-electron chi connectivity index (χ4n) is 7.29. The van der Waals surface area contributed by atoms with Gasteiger partial charge in [0.25, 0.3) is 6.71 Å². The number of hydrogen-bond donors (Lipinski definition) is 0. The molecule has 6 heteroatoms. The molecule has 3 aliphatic rings. The number of hydrogen-bond acceptors (Lipinski definition) is 5. The van der Waals surface area contributed by atoms with Gasteiger partial charge in [0.05, 0.1) is 33.2 Å². The zero-order valence-electron chi connectivity index (χ0n) is 24.1. The number of benzene rings is 6. The minimum absolute atomic E-state index is 0.0480. The molecule has 0 N–H and O–H groups in total. The first-order chi connectivity index (χ1) is 22.3. The van der Waals surface area contributed by atoms with Crippen molar-refractivity contribution in [3.05, 3.63) is 146 Å². The zero-order valence-corrected chi connectivity index (χ0v) is 24.9. The van der Waals surface area contributed by atoms with Gasteiger partial charge in [0.2, 0.25) is 0 Å². The molecule has 45 heavy (non-hydrogen) atoms. The van der Waals surface area contributed by atoms with E-state index in [9.17, 15) is 0 Å². The SMILES string of the molecule is c1ccc(N2c3ccccc3B3c4ccccc4Oc4cc5c(c2c43)Sc2ccccc2N5c2cccc3cccnc23)cc1. The van der Waals surface area contributed by atoms with Gasteiger partial charge < -0.3 is 14.5 Å². The van der Waals surface area contributed by atoms with Crippen LogP contribution < -0.4 is 30.9 Å². The molecule has 0 unspecified atom stereocenters. The summed E-state index contributed by atoms with van der Waals surface area (Å²) in [5.74, 6) is 1.80. The average Bonchev–Trinajstić information content (AvgIpc) is 3.10. The Labute approximate surface area is 265 Å². The highest BCUT2D eigenvalue weighted by molar-refractivity contribution is 8.00. The third-order valence-corrected chi connectivity index (χ3v) is 10.3. The molecular formula is C39H24BN3OS. The van der Waals surface area contributed by atoms with Crippen LogP contribution in [-0.4, -0.2) is 11.7 Å². The summed E-state index contributed by atoms with van der Waals surface area (Å²) in [6.45, 7) is 0.0480. The van der Waals surface area contributed by atoms with E-state index in [2.05, 4.69) is 143 Å². The summed E-state index contributed by atoms with van der Waals surface area (Å²) in [6.07, 6.45) is 1.88. The molecular weight excluding hydrogens is 569 g/mol. The van der Waals surface area contributed by atoms with E-state index in [1.807, 2.05) is 24.0 Å². The quantitative estimate of drug-likeness (QED) is 0.187. The lowest BCUT2D eigenvalue weighted by Gasteiger charge is -2.43. The molecule has 6 aromatic carbocycles. The van der Waals surface area contributed by atoms with Gasteiger partial charge in [0.1, 0.15) is 11.5 Å². The smallest absolute Gasteiger partial charge is 0.256 e. The maximum atomic E-state index is 6.87. The first-order valence-corrected chi connectivity index (χ1v) is 16.0. The number of anilines is 6. The Kier molecular flexibility index (Phi) is 5.27. The summed E-state index contributed by atoms with van der Waals surface area (Å²) in [5.41, 5.74) is 11.4. The molecule has 0 aliphatic carbocycles. The highest BCUT2D eigenvalue weighted by atomic mass is 32.2. The Balaban J connectivity index is 1.34. The molecule has 0 spiro atoms. The fraction of sp³-hybridized carbons (Fsp3) is 0. The summed E-state index contributed by atoms with van der Waals surface area (Å²) >= 11 is 1.84. The van der Waals surface area contributed by atoms with Crippen molar-refractivity contribution in [1.82, 2.24) is 4.98 Å². The number of fused-ring (bicyclic) bond motifs is 8. The van der Waals surface area contributed by atoms with Gasteiger partial charge in [-0.1, -0.05) is 96.7 Å². The van der Waals surface area contributed by atoms with Gasteiger partial charge in [0, 0.05) is 33.9 Å². The van der Waals surface area contributed by atoms with Gasteiger partial charge in [-0.3, -0.25) is 4.98 Å². The topological polar surface area (TPSA) is 28.6 Å². The number of para-hydroxylation sites is 5. The summed E-state index contributed by atoms with van der Waals surface area (Å²) in [4.78, 5) is 12.1.